The lowest BCUT2D eigenvalue weighted by molar-refractivity contribution is -0.116. The Balaban J connectivity index is 1.89. The van der Waals surface area contributed by atoms with E-state index in [0.717, 1.165) is 4.47 Å². The Labute approximate surface area is 139 Å². The maximum atomic E-state index is 13.1. The largest absolute Gasteiger partial charge is 0.338 e. The number of fused-ring (bicyclic) bond motifs is 1. The Morgan fingerprint density at radius 1 is 1.17 bits per heavy atom. The maximum absolute atomic E-state index is 13.1. The smallest absolute Gasteiger partial charge is 0.244 e. The van der Waals surface area contributed by atoms with E-state index in [4.69, 9.17) is 0 Å². The van der Waals surface area contributed by atoms with Gasteiger partial charge in [0.1, 0.15) is 12.4 Å². The molecule has 0 aliphatic carbocycles. The number of benzene rings is 2. The summed E-state index contributed by atoms with van der Waals surface area (Å²) in [6.07, 6.45) is 1.57. The fourth-order valence-corrected chi connectivity index (χ4v) is 2.69. The molecule has 0 aliphatic rings. The molecule has 4 nitrogen and oxygen atoms in total. The number of rotatable bonds is 3. The lowest BCUT2D eigenvalue weighted by Crippen LogP contribution is -2.20. The zero-order valence-electron chi connectivity index (χ0n) is 11.9. The second-order valence-electron chi connectivity index (χ2n) is 5.03. The number of hydrogen-bond donors (Lipinski definition) is 1. The molecule has 0 fully saturated rings. The van der Waals surface area contributed by atoms with Gasteiger partial charge in [0.05, 0.1) is 5.52 Å². The third-order valence-corrected chi connectivity index (χ3v) is 3.86. The van der Waals surface area contributed by atoms with Crippen LogP contribution in [0.5, 0.6) is 0 Å². The van der Waals surface area contributed by atoms with Crippen molar-refractivity contribution in [3.8, 4) is 0 Å². The van der Waals surface area contributed by atoms with Crippen LogP contribution in [-0.4, -0.2) is 10.5 Å². The summed E-state index contributed by atoms with van der Waals surface area (Å²) in [4.78, 5) is 24.0. The molecule has 0 saturated heterocycles. The molecule has 0 aliphatic heterocycles. The molecule has 1 heterocycles. The molecule has 1 amide bonds. The summed E-state index contributed by atoms with van der Waals surface area (Å²) in [7, 11) is 0. The summed E-state index contributed by atoms with van der Waals surface area (Å²) >= 11 is 3.36. The number of halogens is 2. The van der Waals surface area contributed by atoms with Crippen LogP contribution in [0.15, 0.2) is 64.0 Å². The zero-order valence-corrected chi connectivity index (χ0v) is 13.5. The van der Waals surface area contributed by atoms with E-state index in [9.17, 15) is 14.0 Å². The number of amides is 1. The first-order chi connectivity index (χ1) is 11.0. The first-order valence-corrected chi connectivity index (χ1v) is 7.66. The summed E-state index contributed by atoms with van der Waals surface area (Å²) in [5, 5.41) is 3.17. The van der Waals surface area contributed by atoms with Crippen LogP contribution in [0.1, 0.15) is 0 Å². The minimum atomic E-state index is -0.416. The standard InChI is InChI=1S/C17H12BrFN2O2/c18-11-4-5-14-15(8-11)21(7-6-16(14)22)10-17(23)20-13-3-1-2-12(19)9-13/h1-9H,10H2,(H,20,23). The van der Waals surface area contributed by atoms with Crippen molar-refractivity contribution in [1.82, 2.24) is 4.57 Å². The molecule has 0 unspecified atom stereocenters. The van der Waals surface area contributed by atoms with Gasteiger partial charge in [-0.05, 0) is 36.4 Å². The highest BCUT2D eigenvalue weighted by atomic mass is 79.9. The molecule has 0 radical (unpaired) electrons. The number of pyridine rings is 1. The van der Waals surface area contributed by atoms with Gasteiger partial charge in [-0.25, -0.2) is 4.39 Å². The number of carbonyl (C=O) groups is 1. The Hall–Kier alpha value is -2.47. The fourth-order valence-electron chi connectivity index (χ4n) is 2.34. The molecule has 2 aromatic carbocycles. The molecule has 6 heteroatoms. The molecule has 116 valence electrons. The van der Waals surface area contributed by atoms with E-state index in [2.05, 4.69) is 21.2 Å². The van der Waals surface area contributed by atoms with Gasteiger partial charge in [0.2, 0.25) is 5.91 Å². The first-order valence-electron chi connectivity index (χ1n) is 6.87. The van der Waals surface area contributed by atoms with Crippen molar-refractivity contribution in [2.45, 2.75) is 6.54 Å². The summed E-state index contributed by atoms with van der Waals surface area (Å²) in [5.41, 5.74) is 0.942. The van der Waals surface area contributed by atoms with Gasteiger partial charge >= 0.3 is 0 Å². The topological polar surface area (TPSA) is 51.1 Å². The van der Waals surface area contributed by atoms with Crippen LogP contribution in [0.2, 0.25) is 0 Å². The van der Waals surface area contributed by atoms with Gasteiger partial charge in [-0.2, -0.15) is 0 Å². The van der Waals surface area contributed by atoms with Gasteiger partial charge in [-0.15, -0.1) is 0 Å². The fraction of sp³-hybridized carbons (Fsp3) is 0.0588. The number of anilines is 1. The molecule has 0 spiro atoms. The first kappa shape index (κ1) is 15.4. The third kappa shape index (κ3) is 3.48. The summed E-state index contributed by atoms with van der Waals surface area (Å²) < 4.78 is 15.6. The van der Waals surface area contributed by atoms with Gasteiger partial charge in [-0.1, -0.05) is 22.0 Å². The normalized spacial score (nSPS) is 10.7. The molecule has 23 heavy (non-hydrogen) atoms. The van der Waals surface area contributed by atoms with Gasteiger partial charge in [-0.3, -0.25) is 9.59 Å². The highest BCUT2D eigenvalue weighted by Crippen LogP contribution is 2.17. The van der Waals surface area contributed by atoms with Crippen LogP contribution in [0, 0.1) is 5.82 Å². The van der Waals surface area contributed by atoms with Gasteiger partial charge in [0.15, 0.2) is 5.43 Å². The minimum absolute atomic E-state index is 0.0176. The number of carbonyl (C=O) groups excluding carboxylic acids is 1. The molecule has 3 rings (SSSR count). The molecular weight excluding hydrogens is 363 g/mol. The van der Waals surface area contributed by atoms with Crippen molar-refractivity contribution in [3.05, 3.63) is 75.2 Å². The van der Waals surface area contributed by atoms with E-state index in [1.165, 1.54) is 24.3 Å². The van der Waals surface area contributed by atoms with Gasteiger partial charge in [0, 0.05) is 27.8 Å². The SMILES string of the molecule is O=C(Cn1ccc(=O)c2ccc(Br)cc21)Nc1cccc(F)c1. The van der Waals surface area contributed by atoms with Gasteiger partial charge in [0.25, 0.3) is 0 Å². The Kier molecular flexibility index (Phi) is 4.25. The van der Waals surface area contributed by atoms with Gasteiger partial charge < -0.3 is 9.88 Å². The summed E-state index contributed by atoms with van der Waals surface area (Å²) in [6, 6.07) is 12.4. The second kappa shape index (κ2) is 6.34. The Morgan fingerprint density at radius 2 is 2.00 bits per heavy atom. The van der Waals surface area contributed by atoms with Crippen molar-refractivity contribution < 1.29 is 9.18 Å². The highest BCUT2D eigenvalue weighted by Gasteiger charge is 2.08. The van der Waals surface area contributed by atoms with Crippen LogP contribution in [-0.2, 0) is 11.3 Å². The average molecular weight is 375 g/mol. The van der Waals surface area contributed by atoms with Crippen molar-refractivity contribution in [1.29, 1.82) is 0 Å². The van der Waals surface area contributed by atoms with E-state index >= 15 is 0 Å². The summed E-state index contributed by atoms with van der Waals surface area (Å²) in [5.74, 6) is -0.721. The van der Waals surface area contributed by atoms with Crippen LogP contribution in [0.3, 0.4) is 0 Å². The van der Waals surface area contributed by atoms with E-state index in [1.54, 1.807) is 35.0 Å². The zero-order chi connectivity index (χ0) is 16.4. The van der Waals surface area contributed by atoms with Crippen LogP contribution < -0.4 is 10.7 Å². The van der Waals surface area contributed by atoms with E-state index in [-0.39, 0.29) is 17.9 Å². The van der Waals surface area contributed by atoms with E-state index < -0.39 is 5.82 Å². The van der Waals surface area contributed by atoms with E-state index in [1.807, 2.05) is 0 Å². The third-order valence-electron chi connectivity index (χ3n) is 3.36. The number of nitrogens with one attached hydrogen (secondary N) is 1. The van der Waals surface area contributed by atoms with E-state index in [0.29, 0.717) is 16.6 Å². The van der Waals surface area contributed by atoms with Crippen LogP contribution in [0.25, 0.3) is 10.9 Å². The van der Waals surface area contributed by atoms with Crippen molar-refractivity contribution in [2.24, 2.45) is 0 Å². The predicted molar refractivity (Wildman–Crippen MR) is 90.9 cm³/mol. The minimum Gasteiger partial charge on any atom is -0.338 e. The van der Waals surface area contributed by atoms with Crippen LogP contribution >= 0.6 is 15.9 Å². The number of nitrogens with zero attached hydrogens (tertiary/aromatic N) is 1. The highest BCUT2D eigenvalue weighted by molar-refractivity contribution is 9.10. The number of aromatic nitrogens is 1. The molecule has 3 aromatic rings. The molecule has 1 aromatic heterocycles. The molecule has 0 bridgehead atoms. The molecular formula is C17H12BrFN2O2. The molecule has 1 N–H and O–H groups in total. The van der Waals surface area contributed by atoms with Crippen molar-refractivity contribution in [3.63, 3.8) is 0 Å². The Morgan fingerprint density at radius 3 is 2.78 bits per heavy atom. The monoisotopic (exact) mass is 374 g/mol. The second-order valence-corrected chi connectivity index (χ2v) is 5.94. The number of hydrogen-bond acceptors (Lipinski definition) is 2. The maximum Gasteiger partial charge on any atom is 0.244 e. The lowest BCUT2D eigenvalue weighted by Gasteiger charge is -2.11. The molecule has 0 saturated carbocycles. The predicted octanol–water partition coefficient (Wildman–Crippen LogP) is 3.54. The summed E-state index contributed by atoms with van der Waals surface area (Å²) in [6.45, 7) is 0.0176. The van der Waals surface area contributed by atoms with Crippen LogP contribution in [0.4, 0.5) is 10.1 Å². The van der Waals surface area contributed by atoms with Crippen molar-refractivity contribution >= 4 is 38.4 Å². The lowest BCUT2D eigenvalue weighted by atomic mass is 10.2. The Bertz CT molecular complexity index is 953. The quantitative estimate of drug-likeness (QED) is 0.762. The molecule has 0 atom stereocenters. The van der Waals surface area contributed by atoms with Crippen molar-refractivity contribution in [2.75, 3.05) is 5.32 Å². The average Bonchev–Trinajstić information content (AvgIpc) is 2.50.